The third kappa shape index (κ3) is 3.94. The molecule has 6 nitrogen and oxygen atoms in total. The molecule has 0 saturated carbocycles. The van der Waals surface area contributed by atoms with E-state index in [4.69, 9.17) is 8.94 Å². The van der Waals surface area contributed by atoms with Crippen molar-refractivity contribution in [3.05, 3.63) is 77.6 Å². The number of rotatable bonds is 6. The normalized spacial score (nSPS) is 12.2. The second-order valence-corrected chi connectivity index (χ2v) is 7.42. The lowest BCUT2D eigenvalue weighted by molar-refractivity contribution is 0.0932. The number of carbonyl (C=O) groups is 1. The summed E-state index contributed by atoms with van der Waals surface area (Å²) >= 11 is 1.49. The molecule has 1 amide bonds. The number of nitrogens with zero attached hydrogens (tertiary/aromatic N) is 2. The number of para-hydroxylation sites is 1. The molecule has 0 aliphatic carbocycles. The number of benzene rings is 2. The van der Waals surface area contributed by atoms with E-state index in [-0.39, 0.29) is 11.9 Å². The van der Waals surface area contributed by atoms with E-state index in [0.29, 0.717) is 23.0 Å². The molecule has 4 rings (SSSR count). The molecule has 0 radical (unpaired) electrons. The Morgan fingerprint density at radius 3 is 2.75 bits per heavy atom. The number of aromatic nitrogens is 2. The maximum absolute atomic E-state index is 12.9. The summed E-state index contributed by atoms with van der Waals surface area (Å²) in [6.45, 7) is 3.69. The number of carbonyl (C=O) groups excluding carboxylic acids is 1. The molecule has 2 aromatic carbocycles. The average Bonchev–Trinajstić information content (AvgIpc) is 3.32. The third-order valence-corrected chi connectivity index (χ3v) is 5.33. The van der Waals surface area contributed by atoms with Gasteiger partial charge in [-0.05, 0) is 38.1 Å². The van der Waals surface area contributed by atoms with Gasteiger partial charge in [0.1, 0.15) is 11.3 Å². The number of hydrogen-bond donors (Lipinski definition) is 1. The van der Waals surface area contributed by atoms with E-state index < -0.39 is 0 Å². The molecule has 2 heterocycles. The van der Waals surface area contributed by atoms with Crippen LogP contribution in [0.1, 0.15) is 40.8 Å². The van der Waals surface area contributed by atoms with Gasteiger partial charge in [-0.25, -0.2) is 0 Å². The largest absolute Gasteiger partial charge is 0.459 e. The minimum Gasteiger partial charge on any atom is -0.459 e. The fraction of sp³-hybridized carbons (Fsp3) is 0.190. The Kier molecular flexibility index (Phi) is 5.16. The van der Waals surface area contributed by atoms with Crippen LogP contribution in [0.2, 0.25) is 0 Å². The monoisotopic (exact) mass is 393 g/mol. The summed E-state index contributed by atoms with van der Waals surface area (Å²) in [7, 11) is 0. The van der Waals surface area contributed by atoms with Gasteiger partial charge in [-0.3, -0.25) is 4.79 Å². The Morgan fingerprint density at radius 2 is 1.96 bits per heavy atom. The van der Waals surface area contributed by atoms with Gasteiger partial charge in [0, 0.05) is 10.3 Å². The van der Waals surface area contributed by atoms with E-state index in [1.165, 1.54) is 11.8 Å². The van der Waals surface area contributed by atoms with Crippen molar-refractivity contribution in [2.75, 3.05) is 0 Å². The van der Waals surface area contributed by atoms with Gasteiger partial charge in [-0.1, -0.05) is 35.5 Å². The van der Waals surface area contributed by atoms with E-state index in [1.807, 2.05) is 61.5 Å². The minimum atomic E-state index is -0.253. The van der Waals surface area contributed by atoms with E-state index >= 15 is 0 Å². The van der Waals surface area contributed by atoms with Crippen LogP contribution in [0.25, 0.3) is 11.0 Å². The topological polar surface area (TPSA) is 81.2 Å². The fourth-order valence-electron chi connectivity index (χ4n) is 2.88. The lowest BCUT2D eigenvalue weighted by Crippen LogP contribution is -2.26. The van der Waals surface area contributed by atoms with Crippen LogP contribution in [0.4, 0.5) is 0 Å². The quantitative estimate of drug-likeness (QED) is 0.469. The van der Waals surface area contributed by atoms with Crippen molar-refractivity contribution in [1.29, 1.82) is 0 Å². The Labute approximate surface area is 166 Å². The first-order valence-corrected chi connectivity index (χ1v) is 9.89. The summed E-state index contributed by atoms with van der Waals surface area (Å²) < 4.78 is 11.0. The van der Waals surface area contributed by atoms with E-state index in [0.717, 1.165) is 21.6 Å². The molecule has 28 heavy (non-hydrogen) atoms. The molecule has 142 valence electrons. The number of hydrogen-bond acceptors (Lipinski definition) is 6. The highest BCUT2D eigenvalue weighted by atomic mass is 32.2. The zero-order valence-electron chi connectivity index (χ0n) is 15.5. The zero-order chi connectivity index (χ0) is 19.5. The number of fused-ring (bicyclic) bond motifs is 1. The highest BCUT2D eigenvalue weighted by Gasteiger charge is 2.18. The minimum absolute atomic E-state index is 0.155. The van der Waals surface area contributed by atoms with Gasteiger partial charge in [0.25, 0.3) is 5.91 Å². The molecule has 7 heteroatoms. The third-order valence-electron chi connectivity index (χ3n) is 4.27. The molecule has 2 aromatic heterocycles. The highest BCUT2D eigenvalue weighted by molar-refractivity contribution is 7.98. The summed E-state index contributed by atoms with van der Waals surface area (Å²) in [5.74, 6) is 2.21. The summed E-state index contributed by atoms with van der Waals surface area (Å²) in [5.41, 5.74) is 1.41. The predicted molar refractivity (Wildman–Crippen MR) is 107 cm³/mol. The molecular weight excluding hydrogens is 374 g/mol. The SMILES string of the molecule is Cc1noc(CSc2ccccc2C(=O)NC(C)c2cc3ccccc3o2)n1. The zero-order valence-corrected chi connectivity index (χ0v) is 16.3. The van der Waals surface area contributed by atoms with Gasteiger partial charge < -0.3 is 14.3 Å². The Bertz CT molecular complexity index is 1090. The molecule has 4 aromatic rings. The maximum Gasteiger partial charge on any atom is 0.252 e. The van der Waals surface area contributed by atoms with Crippen molar-refractivity contribution in [2.24, 2.45) is 0 Å². The fourth-order valence-corrected chi connectivity index (χ4v) is 3.77. The van der Waals surface area contributed by atoms with Gasteiger partial charge in [-0.15, -0.1) is 11.8 Å². The predicted octanol–water partition coefficient (Wildman–Crippen LogP) is 4.91. The number of aryl methyl sites for hydroxylation is 1. The van der Waals surface area contributed by atoms with Crippen LogP contribution in [-0.2, 0) is 5.75 Å². The molecule has 0 fully saturated rings. The van der Waals surface area contributed by atoms with Crippen molar-refractivity contribution >= 4 is 28.6 Å². The van der Waals surface area contributed by atoms with Crippen LogP contribution in [0.3, 0.4) is 0 Å². The molecule has 0 saturated heterocycles. The number of amides is 1. The van der Waals surface area contributed by atoms with Crippen LogP contribution in [0, 0.1) is 6.92 Å². The second-order valence-electron chi connectivity index (χ2n) is 6.40. The van der Waals surface area contributed by atoms with Crippen LogP contribution in [0.5, 0.6) is 0 Å². The standard InChI is InChI=1S/C21H19N3O3S/c1-13(18-11-15-7-3-5-9-17(15)26-18)22-21(25)16-8-4-6-10-19(16)28-12-20-23-14(2)24-27-20/h3-11,13H,12H2,1-2H3,(H,22,25). The first-order chi connectivity index (χ1) is 13.6. The highest BCUT2D eigenvalue weighted by Crippen LogP contribution is 2.27. The lowest BCUT2D eigenvalue weighted by atomic mass is 10.1. The average molecular weight is 393 g/mol. The van der Waals surface area contributed by atoms with E-state index in [2.05, 4.69) is 15.5 Å². The van der Waals surface area contributed by atoms with Crippen LogP contribution < -0.4 is 5.32 Å². The van der Waals surface area contributed by atoms with Gasteiger partial charge in [0.05, 0.1) is 17.4 Å². The second kappa shape index (κ2) is 7.90. The smallest absolute Gasteiger partial charge is 0.252 e. The summed E-state index contributed by atoms with van der Waals surface area (Å²) in [4.78, 5) is 17.9. The van der Waals surface area contributed by atoms with Crippen LogP contribution >= 0.6 is 11.8 Å². The Morgan fingerprint density at radius 1 is 1.18 bits per heavy atom. The first-order valence-electron chi connectivity index (χ1n) is 8.90. The molecule has 0 spiro atoms. The molecule has 0 aliphatic rings. The van der Waals surface area contributed by atoms with Crippen molar-refractivity contribution < 1.29 is 13.7 Å². The van der Waals surface area contributed by atoms with Crippen molar-refractivity contribution in [3.63, 3.8) is 0 Å². The summed E-state index contributed by atoms with van der Waals surface area (Å²) in [6, 6.07) is 17.0. The summed E-state index contributed by atoms with van der Waals surface area (Å²) in [5, 5.41) is 7.82. The Hall–Kier alpha value is -3.06. The summed E-state index contributed by atoms with van der Waals surface area (Å²) in [6.07, 6.45) is 0. The molecule has 1 atom stereocenters. The first kappa shape index (κ1) is 18.3. The van der Waals surface area contributed by atoms with E-state index in [1.54, 1.807) is 6.92 Å². The molecular formula is C21H19N3O3S. The van der Waals surface area contributed by atoms with Gasteiger partial charge in [0.2, 0.25) is 5.89 Å². The van der Waals surface area contributed by atoms with Crippen LogP contribution in [0.15, 0.2) is 68.4 Å². The van der Waals surface area contributed by atoms with Gasteiger partial charge in [0.15, 0.2) is 5.82 Å². The van der Waals surface area contributed by atoms with Crippen molar-refractivity contribution in [1.82, 2.24) is 15.5 Å². The molecule has 0 aliphatic heterocycles. The number of thioether (sulfide) groups is 1. The maximum atomic E-state index is 12.9. The van der Waals surface area contributed by atoms with Crippen molar-refractivity contribution in [3.8, 4) is 0 Å². The molecule has 1 unspecified atom stereocenters. The van der Waals surface area contributed by atoms with Gasteiger partial charge in [-0.2, -0.15) is 4.98 Å². The van der Waals surface area contributed by atoms with Crippen LogP contribution in [-0.4, -0.2) is 16.0 Å². The Balaban J connectivity index is 1.48. The number of furan rings is 1. The lowest BCUT2D eigenvalue weighted by Gasteiger charge is -2.13. The number of nitrogens with one attached hydrogen (secondary N) is 1. The molecule has 0 bridgehead atoms. The van der Waals surface area contributed by atoms with E-state index in [9.17, 15) is 4.79 Å². The van der Waals surface area contributed by atoms with Gasteiger partial charge >= 0.3 is 0 Å². The van der Waals surface area contributed by atoms with Crippen molar-refractivity contribution in [2.45, 2.75) is 30.5 Å². The molecule has 1 N–H and O–H groups in total.